The first-order valence-corrected chi connectivity index (χ1v) is 8.11. The third-order valence-electron chi connectivity index (χ3n) is 4.58. The van der Waals surface area contributed by atoms with Crippen LogP contribution in [0.4, 0.5) is 5.69 Å². The Morgan fingerprint density at radius 2 is 1.96 bits per heavy atom. The molecule has 7 nitrogen and oxygen atoms in total. The summed E-state index contributed by atoms with van der Waals surface area (Å²) in [4.78, 5) is 25.2. The predicted molar refractivity (Wildman–Crippen MR) is 86.5 cm³/mol. The summed E-state index contributed by atoms with van der Waals surface area (Å²) in [6.07, 6.45) is -2.97. The van der Waals surface area contributed by atoms with Gasteiger partial charge in [-0.1, -0.05) is 18.2 Å². The SMILES string of the molecule is CC(=O)NCC1OC(CC(=O)N2CCc3ccccc32)C(O)C1O. The zero-order valence-electron chi connectivity index (χ0n) is 13.5. The lowest BCUT2D eigenvalue weighted by atomic mass is 10.0. The molecular weight excluding hydrogens is 312 g/mol. The molecule has 1 fully saturated rings. The van der Waals surface area contributed by atoms with Crippen molar-refractivity contribution in [3.8, 4) is 0 Å². The van der Waals surface area contributed by atoms with Gasteiger partial charge >= 0.3 is 0 Å². The van der Waals surface area contributed by atoms with Gasteiger partial charge in [-0.3, -0.25) is 9.59 Å². The first-order valence-electron chi connectivity index (χ1n) is 8.11. The lowest BCUT2D eigenvalue weighted by Crippen LogP contribution is -2.39. The number of hydrogen-bond acceptors (Lipinski definition) is 5. The summed E-state index contributed by atoms with van der Waals surface area (Å²) in [6.45, 7) is 2.08. The maximum atomic E-state index is 12.6. The number of anilines is 1. The molecule has 0 saturated carbocycles. The highest BCUT2D eigenvalue weighted by Gasteiger charge is 2.44. The van der Waals surface area contributed by atoms with E-state index < -0.39 is 24.4 Å². The van der Waals surface area contributed by atoms with Crippen LogP contribution < -0.4 is 10.2 Å². The van der Waals surface area contributed by atoms with Gasteiger partial charge in [-0.05, 0) is 18.1 Å². The van der Waals surface area contributed by atoms with E-state index in [1.54, 1.807) is 4.90 Å². The number of aliphatic hydroxyl groups excluding tert-OH is 2. The Bertz CT molecular complexity index is 635. The molecule has 0 bridgehead atoms. The molecule has 4 atom stereocenters. The Kier molecular flexibility index (Phi) is 4.84. The molecule has 2 amide bonds. The van der Waals surface area contributed by atoms with Crippen molar-refractivity contribution in [2.75, 3.05) is 18.0 Å². The number of benzene rings is 1. The summed E-state index contributed by atoms with van der Waals surface area (Å²) in [6, 6.07) is 7.73. The van der Waals surface area contributed by atoms with Gasteiger partial charge in [0.2, 0.25) is 11.8 Å². The number of aliphatic hydroxyl groups is 2. The molecule has 7 heteroatoms. The van der Waals surface area contributed by atoms with E-state index in [1.807, 2.05) is 24.3 Å². The number of carbonyl (C=O) groups excluding carboxylic acids is 2. The van der Waals surface area contributed by atoms with E-state index in [2.05, 4.69) is 5.32 Å². The number of nitrogens with one attached hydrogen (secondary N) is 1. The van der Waals surface area contributed by atoms with Crippen LogP contribution in [0.3, 0.4) is 0 Å². The van der Waals surface area contributed by atoms with Crippen molar-refractivity contribution < 1.29 is 24.5 Å². The largest absolute Gasteiger partial charge is 0.388 e. The van der Waals surface area contributed by atoms with Gasteiger partial charge in [0, 0.05) is 25.7 Å². The smallest absolute Gasteiger partial charge is 0.229 e. The highest BCUT2D eigenvalue weighted by molar-refractivity contribution is 5.95. The Hall–Kier alpha value is -1.96. The zero-order valence-corrected chi connectivity index (χ0v) is 13.5. The Morgan fingerprint density at radius 1 is 1.25 bits per heavy atom. The van der Waals surface area contributed by atoms with Crippen LogP contribution in [0.5, 0.6) is 0 Å². The second-order valence-corrected chi connectivity index (χ2v) is 6.26. The highest BCUT2D eigenvalue weighted by Crippen LogP contribution is 2.30. The minimum absolute atomic E-state index is 0.0108. The first-order chi connectivity index (χ1) is 11.5. The van der Waals surface area contributed by atoms with Gasteiger partial charge in [0.05, 0.1) is 12.5 Å². The van der Waals surface area contributed by atoms with Gasteiger partial charge in [0.25, 0.3) is 0 Å². The van der Waals surface area contributed by atoms with Gasteiger partial charge in [-0.2, -0.15) is 0 Å². The van der Waals surface area contributed by atoms with Crippen LogP contribution in [0.1, 0.15) is 18.9 Å². The second kappa shape index (κ2) is 6.88. The fraction of sp³-hybridized carbons (Fsp3) is 0.529. The van der Waals surface area contributed by atoms with Crippen LogP contribution >= 0.6 is 0 Å². The monoisotopic (exact) mass is 334 g/mol. The maximum absolute atomic E-state index is 12.6. The molecule has 3 rings (SSSR count). The van der Waals surface area contributed by atoms with Crippen LogP contribution in [-0.2, 0) is 20.7 Å². The van der Waals surface area contributed by atoms with Crippen molar-refractivity contribution in [3.63, 3.8) is 0 Å². The molecule has 0 radical (unpaired) electrons. The quantitative estimate of drug-likeness (QED) is 0.695. The van der Waals surface area contributed by atoms with Gasteiger partial charge in [-0.15, -0.1) is 0 Å². The van der Waals surface area contributed by atoms with E-state index in [1.165, 1.54) is 6.92 Å². The van der Waals surface area contributed by atoms with Crippen LogP contribution in [0.25, 0.3) is 0 Å². The van der Waals surface area contributed by atoms with Gasteiger partial charge < -0.3 is 25.2 Å². The molecule has 2 aliphatic rings. The van der Waals surface area contributed by atoms with Crippen molar-refractivity contribution in [1.82, 2.24) is 5.32 Å². The van der Waals surface area contributed by atoms with E-state index in [0.717, 1.165) is 17.7 Å². The topological polar surface area (TPSA) is 99.1 Å². The molecule has 1 saturated heterocycles. The number of para-hydroxylation sites is 1. The van der Waals surface area contributed by atoms with Crippen molar-refractivity contribution in [3.05, 3.63) is 29.8 Å². The fourth-order valence-electron chi connectivity index (χ4n) is 3.29. The van der Waals surface area contributed by atoms with Crippen molar-refractivity contribution in [2.24, 2.45) is 0 Å². The van der Waals surface area contributed by atoms with Gasteiger partial charge in [-0.25, -0.2) is 0 Å². The molecule has 24 heavy (non-hydrogen) atoms. The Balaban J connectivity index is 1.62. The Labute approximate surface area is 140 Å². The molecule has 130 valence electrons. The van der Waals surface area contributed by atoms with Crippen LogP contribution in [0.15, 0.2) is 24.3 Å². The summed E-state index contributed by atoms with van der Waals surface area (Å²) in [5.41, 5.74) is 2.02. The minimum Gasteiger partial charge on any atom is -0.388 e. The minimum atomic E-state index is -1.15. The zero-order chi connectivity index (χ0) is 17.3. The van der Waals surface area contributed by atoms with E-state index >= 15 is 0 Å². The summed E-state index contributed by atoms with van der Waals surface area (Å²) in [5.74, 6) is -0.384. The molecule has 0 spiro atoms. The molecular formula is C17H22N2O5. The summed E-state index contributed by atoms with van der Waals surface area (Å²) >= 11 is 0. The highest BCUT2D eigenvalue weighted by atomic mass is 16.5. The molecule has 0 aromatic heterocycles. The first kappa shape index (κ1) is 16.9. The second-order valence-electron chi connectivity index (χ2n) is 6.26. The predicted octanol–water partition coefficient (Wildman–Crippen LogP) is -0.409. The fourth-order valence-corrected chi connectivity index (χ4v) is 3.29. The molecule has 3 N–H and O–H groups in total. The van der Waals surface area contributed by atoms with Crippen LogP contribution in [0, 0.1) is 0 Å². The number of fused-ring (bicyclic) bond motifs is 1. The normalized spacial score (nSPS) is 28.7. The number of carbonyl (C=O) groups is 2. The molecule has 2 aliphatic heterocycles. The summed E-state index contributed by atoms with van der Waals surface area (Å²) in [5, 5.41) is 22.7. The van der Waals surface area contributed by atoms with Crippen molar-refractivity contribution >= 4 is 17.5 Å². The van der Waals surface area contributed by atoms with E-state index in [4.69, 9.17) is 4.74 Å². The summed E-state index contributed by atoms with van der Waals surface area (Å²) < 4.78 is 5.59. The van der Waals surface area contributed by atoms with Crippen LogP contribution in [-0.4, -0.2) is 59.5 Å². The molecule has 4 unspecified atom stereocenters. The number of hydrogen-bond donors (Lipinski definition) is 3. The van der Waals surface area contributed by atoms with E-state index in [0.29, 0.717) is 6.54 Å². The van der Waals surface area contributed by atoms with E-state index in [-0.39, 0.29) is 24.8 Å². The summed E-state index contributed by atoms with van der Waals surface area (Å²) in [7, 11) is 0. The van der Waals surface area contributed by atoms with Gasteiger partial charge in [0.1, 0.15) is 18.3 Å². The molecule has 1 aromatic carbocycles. The number of amides is 2. The average Bonchev–Trinajstić information content (AvgIpc) is 3.10. The number of rotatable bonds is 4. The average molecular weight is 334 g/mol. The molecule has 0 aliphatic carbocycles. The lowest BCUT2D eigenvalue weighted by Gasteiger charge is -2.21. The van der Waals surface area contributed by atoms with Gasteiger partial charge in [0.15, 0.2) is 0 Å². The third-order valence-corrected chi connectivity index (χ3v) is 4.58. The maximum Gasteiger partial charge on any atom is 0.229 e. The number of nitrogens with zero attached hydrogens (tertiary/aromatic N) is 1. The van der Waals surface area contributed by atoms with E-state index in [9.17, 15) is 19.8 Å². The van der Waals surface area contributed by atoms with Crippen molar-refractivity contribution in [2.45, 2.75) is 44.2 Å². The molecule has 2 heterocycles. The third kappa shape index (κ3) is 3.28. The lowest BCUT2D eigenvalue weighted by molar-refractivity contribution is -0.123. The van der Waals surface area contributed by atoms with Crippen LogP contribution in [0.2, 0.25) is 0 Å². The Morgan fingerprint density at radius 3 is 2.71 bits per heavy atom. The molecule has 1 aromatic rings. The van der Waals surface area contributed by atoms with Crippen molar-refractivity contribution in [1.29, 1.82) is 0 Å². The number of ether oxygens (including phenoxy) is 1. The standard InChI is InChI=1S/C17H22N2O5/c1-10(20)18-9-14-17(23)16(22)13(24-14)8-15(21)19-7-6-11-4-2-3-5-12(11)19/h2-5,13-14,16-17,22-23H,6-9H2,1H3,(H,18,20).